The van der Waals surface area contributed by atoms with Crippen molar-refractivity contribution in [3.05, 3.63) is 125 Å². The predicted octanol–water partition coefficient (Wildman–Crippen LogP) is 4.20. The number of hydrogen-bond acceptors (Lipinski definition) is 3. The summed E-state index contributed by atoms with van der Waals surface area (Å²) in [6, 6.07) is 26.8. The lowest BCUT2D eigenvalue weighted by Crippen LogP contribution is -2.39. The fraction of sp³-hybridized carbons (Fsp3) is 0.148. The maximum Gasteiger partial charge on any atom is 0.272 e. The number of aromatic nitrogens is 2. The van der Waals surface area contributed by atoms with E-state index >= 15 is 0 Å². The molecule has 1 aliphatic rings. The number of nitrogens with zero attached hydrogens (tertiary/aromatic N) is 3. The van der Waals surface area contributed by atoms with Gasteiger partial charge in [0.2, 0.25) is 0 Å². The van der Waals surface area contributed by atoms with Crippen LogP contribution in [0.3, 0.4) is 0 Å². The second-order valence-corrected chi connectivity index (χ2v) is 8.22. The fourth-order valence-electron chi connectivity index (χ4n) is 4.21. The van der Waals surface area contributed by atoms with Crippen LogP contribution in [0.4, 0.5) is 4.39 Å². The van der Waals surface area contributed by atoms with Crippen molar-refractivity contribution in [3.63, 3.8) is 0 Å². The lowest BCUT2D eigenvalue weighted by Gasteiger charge is -2.27. The highest BCUT2D eigenvalue weighted by molar-refractivity contribution is 5.98. The normalized spacial score (nSPS) is 13.1. The zero-order valence-electron chi connectivity index (χ0n) is 18.4. The minimum atomic E-state index is -0.357. The average Bonchev–Trinajstić information content (AvgIpc) is 3.31. The van der Waals surface area contributed by atoms with E-state index in [1.54, 1.807) is 21.7 Å². The molecule has 0 unspecified atom stereocenters. The molecule has 0 radical (unpaired) electrons. The molecular weight excluding hydrogens is 431 g/mol. The van der Waals surface area contributed by atoms with E-state index in [0.717, 1.165) is 11.1 Å². The molecule has 2 heterocycles. The molecule has 0 saturated carbocycles. The van der Waals surface area contributed by atoms with Crippen molar-refractivity contribution >= 4 is 11.8 Å². The van der Waals surface area contributed by atoms with Gasteiger partial charge in [0.15, 0.2) is 5.69 Å². The van der Waals surface area contributed by atoms with Gasteiger partial charge < -0.3 is 10.2 Å². The Labute approximate surface area is 196 Å². The van der Waals surface area contributed by atoms with Gasteiger partial charge in [0.1, 0.15) is 11.5 Å². The van der Waals surface area contributed by atoms with Crippen molar-refractivity contribution in [1.29, 1.82) is 0 Å². The molecule has 34 heavy (non-hydrogen) atoms. The van der Waals surface area contributed by atoms with Gasteiger partial charge in [0.25, 0.3) is 11.8 Å². The minimum Gasteiger partial charge on any atom is -0.340 e. The Morgan fingerprint density at radius 2 is 1.59 bits per heavy atom. The lowest BCUT2D eigenvalue weighted by molar-refractivity contribution is 0.0682. The van der Waals surface area contributed by atoms with E-state index in [2.05, 4.69) is 10.4 Å². The van der Waals surface area contributed by atoms with Gasteiger partial charge in [0.05, 0.1) is 12.6 Å². The third kappa shape index (κ3) is 4.45. The SMILES string of the molecule is O=C(NC(c1ccccc1)c1ccccc1)c1cc2n(n1)CCN(Cc1cccc(F)c1)C2=O. The molecule has 0 aliphatic carbocycles. The quantitative estimate of drug-likeness (QED) is 0.475. The van der Waals surface area contributed by atoms with Gasteiger partial charge in [-0.2, -0.15) is 5.10 Å². The Morgan fingerprint density at radius 3 is 2.24 bits per heavy atom. The Kier molecular flexibility index (Phi) is 5.91. The van der Waals surface area contributed by atoms with Gasteiger partial charge in [-0.15, -0.1) is 0 Å². The predicted molar refractivity (Wildman–Crippen MR) is 126 cm³/mol. The van der Waals surface area contributed by atoms with E-state index in [9.17, 15) is 14.0 Å². The number of benzene rings is 3. The molecule has 6 nitrogen and oxygen atoms in total. The maximum atomic E-state index is 13.5. The van der Waals surface area contributed by atoms with Gasteiger partial charge in [-0.25, -0.2) is 4.39 Å². The number of fused-ring (bicyclic) bond motifs is 1. The van der Waals surface area contributed by atoms with E-state index in [1.165, 1.54) is 18.2 Å². The number of carbonyl (C=O) groups is 2. The molecule has 5 rings (SSSR count). The summed E-state index contributed by atoms with van der Waals surface area (Å²) < 4.78 is 15.1. The van der Waals surface area contributed by atoms with Crippen LogP contribution in [0.1, 0.15) is 43.7 Å². The van der Waals surface area contributed by atoms with Gasteiger partial charge >= 0.3 is 0 Å². The number of amides is 2. The second-order valence-electron chi connectivity index (χ2n) is 8.22. The largest absolute Gasteiger partial charge is 0.340 e. The van der Waals surface area contributed by atoms with Crippen molar-refractivity contribution in [1.82, 2.24) is 20.0 Å². The topological polar surface area (TPSA) is 67.2 Å². The van der Waals surface area contributed by atoms with Crippen LogP contribution in [-0.2, 0) is 13.1 Å². The molecule has 4 aromatic rings. The maximum absolute atomic E-state index is 13.5. The summed E-state index contributed by atoms with van der Waals surface area (Å²) in [5.74, 6) is -0.925. The van der Waals surface area contributed by atoms with Crippen LogP contribution < -0.4 is 5.32 Å². The van der Waals surface area contributed by atoms with Crippen molar-refractivity contribution in [3.8, 4) is 0 Å². The molecule has 0 saturated heterocycles. The summed E-state index contributed by atoms with van der Waals surface area (Å²) >= 11 is 0. The first-order valence-electron chi connectivity index (χ1n) is 11.1. The highest BCUT2D eigenvalue weighted by Crippen LogP contribution is 2.23. The summed E-state index contributed by atoms with van der Waals surface area (Å²) in [5, 5.41) is 7.46. The summed E-state index contributed by atoms with van der Waals surface area (Å²) in [4.78, 5) is 27.9. The molecule has 1 N–H and O–H groups in total. The van der Waals surface area contributed by atoms with Gasteiger partial charge in [0, 0.05) is 19.2 Å². The number of carbonyl (C=O) groups excluding carboxylic acids is 2. The summed E-state index contributed by atoms with van der Waals surface area (Å²) in [5.41, 5.74) is 3.15. The molecule has 2 amide bonds. The summed E-state index contributed by atoms with van der Waals surface area (Å²) in [7, 11) is 0. The fourth-order valence-corrected chi connectivity index (χ4v) is 4.21. The van der Waals surface area contributed by atoms with Gasteiger partial charge in [-0.1, -0.05) is 72.8 Å². The van der Waals surface area contributed by atoms with Gasteiger partial charge in [-0.3, -0.25) is 14.3 Å². The summed E-state index contributed by atoms with van der Waals surface area (Å²) in [6.07, 6.45) is 0. The van der Waals surface area contributed by atoms with E-state index in [0.29, 0.717) is 30.9 Å². The van der Waals surface area contributed by atoms with E-state index in [1.807, 2.05) is 60.7 Å². The molecule has 0 fully saturated rings. The average molecular weight is 455 g/mol. The molecule has 7 heteroatoms. The van der Waals surface area contributed by atoms with E-state index in [4.69, 9.17) is 0 Å². The number of nitrogens with one attached hydrogen (secondary N) is 1. The molecule has 1 aliphatic heterocycles. The molecule has 1 aromatic heterocycles. The first-order chi connectivity index (χ1) is 16.6. The molecule has 0 bridgehead atoms. The number of rotatable bonds is 6. The minimum absolute atomic E-state index is 0.188. The second kappa shape index (κ2) is 9.31. The van der Waals surface area contributed by atoms with Crippen LogP contribution in [-0.4, -0.2) is 33.0 Å². The van der Waals surface area contributed by atoms with Crippen LogP contribution in [0.15, 0.2) is 91.0 Å². The van der Waals surface area contributed by atoms with Crippen LogP contribution >= 0.6 is 0 Å². The zero-order chi connectivity index (χ0) is 23.5. The van der Waals surface area contributed by atoms with Crippen molar-refractivity contribution < 1.29 is 14.0 Å². The third-order valence-corrected chi connectivity index (χ3v) is 5.90. The highest BCUT2D eigenvalue weighted by atomic mass is 19.1. The Hall–Kier alpha value is -4.26. The zero-order valence-corrected chi connectivity index (χ0v) is 18.4. The molecule has 0 atom stereocenters. The van der Waals surface area contributed by atoms with Gasteiger partial charge in [-0.05, 0) is 28.8 Å². The third-order valence-electron chi connectivity index (χ3n) is 5.90. The van der Waals surface area contributed by atoms with Crippen molar-refractivity contribution in [2.45, 2.75) is 19.1 Å². The standard InChI is InChI=1S/C27H23FN4O2/c28-22-13-7-8-19(16-22)18-31-14-15-32-24(27(31)34)17-23(30-32)26(33)29-25(20-9-3-1-4-10-20)21-11-5-2-6-12-21/h1-13,16-17,25H,14-15,18H2,(H,29,33). The van der Waals surface area contributed by atoms with E-state index < -0.39 is 0 Å². The number of hydrogen-bond donors (Lipinski definition) is 1. The monoisotopic (exact) mass is 454 g/mol. The number of halogens is 1. The molecule has 0 spiro atoms. The van der Waals surface area contributed by atoms with Crippen molar-refractivity contribution in [2.75, 3.05) is 6.54 Å². The first-order valence-corrected chi connectivity index (χ1v) is 11.1. The van der Waals surface area contributed by atoms with Crippen LogP contribution in [0.2, 0.25) is 0 Å². The Bertz CT molecular complexity index is 1280. The summed E-state index contributed by atoms with van der Waals surface area (Å²) in [6.45, 7) is 1.19. The Balaban J connectivity index is 1.36. The van der Waals surface area contributed by atoms with E-state index in [-0.39, 0.29) is 29.4 Å². The highest BCUT2D eigenvalue weighted by Gasteiger charge is 2.29. The van der Waals surface area contributed by atoms with Crippen LogP contribution in [0, 0.1) is 5.82 Å². The Morgan fingerprint density at radius 1 is 0.912 bits per heavy atom. The molecule has 3 aromatic carbocycles. The van der Waals surface area contributed by atoms with Crippen LogP contribution in [0.25, 0.3) is 0 Å². The lowest BCUT2D eigenvalue weighted by atomic mass is 9.98. The molecule has 170 valence electrons. The van der Waals surface area contributed by atoms with Crippen LogP contribution in [0.5, 0.6) is 0 Å². The first kappa shape index (κ1) is 21.6. The van der Waals surface area contributed by atoms with Crippen molar-refractivity contribution in [2.24, 2.45) is 0 Å². The smallest absolute Gasteiger partial charge is 0.272 e. The molecular formula is C27H23FN4O2.